The summed E-state index contributed by atoms with van der Waals surface area (Å²) in [6, 6.07) is 22.1. The Balaban J connectivity index is 1.58. The van der Waals surface area contributed by atoms with Gasteiger partial charge in [0, 0.05) is 11.8 Å². The van der Waals surface area contributed by atoms with E-state index in [-0.39, 0.29) is 29.1 Å². The van der Waals surface area contributed by atoms with Crippen LogP contribution in [0, 0.1) is 11.8 Å². The highest BCUT2D eigenvalue weighted by Crippen LogP contribution is 2.61. The SMILES string of the molecule is CC(C)(C)c1ccc2c(c1)[C@H]1c3ccccc3[C@H]2[C@@H]2C(=O)N(c3ccccc3Cl)C(=O)[C@H]12. The Kier molecular flexibility index (Phi) is 4.04. The predicted molar refractivity (Wildman–Crippen MR) is 126 cm³/mol. The number of halogens is 1. The van der Waals surface area contributed by atoms with Crippen LogP contribution in [0.3, 0.4) is 0 Å². The summed E-state index contributed by atoms with van der Waals surface area (Å²) >= 11 is 6.42. The molecule has 1 fully saturated rings. The lowest BCUT2D eigenvalue weighted by molar-refractivity contribution is -0.122. The molecule has 4 atom stereocenters. The monoisotopic (exact) mass is 441 g/mol. The van der Waals surface area contributed by atoms with Crippen molar-refractivity contribution in [2.75, 3.05) is 4.90 Å². The Morgan fingerprint density at radius 1 is 0.719 bits per heavy atom. The summed E-state index contributed by atoms with van der Waals surface area (Å²) in [5, 5.41) is 0.422. The number of imide groups is 1. The highest BCUT2D eigenvalue weighted by atomic mass is 35.5. The fraction of sp³-hybridized carbons (Fsp3) is 0.286. The summed E-state index contributed by atoms with van der Waals surface area (Å²) in [5.74, 6) is -1.31. The smallest absolute Gasteiger partial charge is 0.238 e. The van der Waals surface area contributed by atoms with E-state index in [9.17, 15) is 9.59 Å². The van der Waals surface area contributed by atoms with Gasteiger partial charge in [-0.3, -0.25) is 9.59 Å². The molecule has 0 radical (unpaired) electrons. The third-order valence-electron chi connectivity index (χ3n) is 7.50. The third kappa shape index (κ3) is 2.49. The largest absolute Gasteiger partial charge is 0.274 e. The van der Waals surface area contributed by atoms with Gasteiger partial charge in [-0.2, -0.15) is 0 Å². The van der Waals surface area contributed by atoms with Crippen LogP contribution in [0.4, 0.5) is 5.69 Å². The predicted octanol–water partition coefficient (Wildman–Crippen LogP) is 6.03. The maximum atomic E-state index is 13.8. The molecule has 3 aromatic rings. The van der Waals surface area contributed by atoms with Gasteiger partial charge in [0.2, 0.25) is 11.8 Å². The molecular formula is C28H24ClNO2. The van der Waals surface area contributed by atoms with Crippen molar-refractivity contribution in [3.05, 3.63) is 99.6 Å². The van der Waals surface area contributed by atoms with Gasteiger partial charge < -0.3 is 0 Å². The van der Waals surface area contributed by atoms with Crippen LogP contribution < -0.4 is 4.90 Å². The molecule has 2 bridgehead atoms. The quantitative estimate of drug-likeness (QED) is 0.432. The fourth-order valence-corrected chi connectivity index (χ4v) is 6.28. The van der Waals surface area contributed by atoms with Crippen LogP contribution in [-0.2, 0) is 15.0 Å². The number of hydrogen-bond donors (Lipinski definition) is 0. The lowest BCUT2D eigenvalue weighted by Crippen LogP contribution is -2.41. The standard InChI is InChI=1S/C28H24ClNO2/c1-28(2,3)15-12-13-18-19(14-15)23-17-9-5-4-8-16(17)22(18)24-25(23)27(32)30(26(24)31)21-11-7-6-10-20(21)29/h4-14,22-25H,1-3H3/t22-,23-,24+,25-/m1/s1. The first kappa shape index (κ1) is 19.8. The minimum absolute atomic E-state index is 0.00371. The molecule has 3 aliphatic carbocycles. The van der Waals surface area contributed by atoms with E-state index in [0.717, 1.165) is 0 Å². The normalized spacial score (nSPS) is 25.6. The molecule has 32 heavy (non-hydrogen) atoms. The van der Waals surface area contributed by atoms with Crippen LogP contribution in [0.25, 0.3) is 0 Å². The lowest BCUT2D eigenvalue weighted by atomic mass is 9.54. The molecule has 0 N–H and O–H groups in total. The lowest BCUT2D eigenvalue weighted by Gasteiger charge is -2.46. The Bertz CT molecular complexity index is 1300. The maximum absolute atomic E-state index is 13.8. The molecule has 7 rings (SSSR count). The zero-order valence-corrected chi connectivity index (χ0v) is 19.1. The van der Waals surface area contributed by atoms with E-state index in [1.54, 1.807) is 12.1 Å². The van der Waals surface area contributed by atoms with Crippen LogP contribution in [0.2, 0.25) is 5.02 Å². The summed E-state index contributed by atoms with van der Waals surface area (Å²) in [5.41, 5.74) is 6.48. The van der Waals surface area contributed by atoms with E-state index < -0.39 is 11.8 Å². The Morgan fingerprint density at radius 2 is 1.25 bits per heavy atom. The molecule has 0 saturated carbocycles. The summed E-state index contributed by atoms with van der Waals surface area (Å²) in [4.78, 5) is 29.0. The molecular weight excluding hydrogens is 418 g/mol. The number of carbonyl (C=O) groups is 2. The van der Waals surface area contributed by atoms with E-state index in [4.69, 9.17) is 11.6 Å². The van der Waals surface area contributed by atoms with Gasteiger partial charge >= 0.3 is 0 Å². The molecule has 0 unspecified atom stereocenters. The Morgan fingerprint density at radius 3 is 1.84 bits per heavy atom. The van der Waals surface area contributed by atoms with Crippen LogP contribution in [0.15, 0.2) is 66.7 Å². The van der Waals surface area contributed by atoms with Crippen molar-refractivity contribution >= 4 is 29.1 Å². The number of benzene rings is 3. The number of nitrogens with zero attached hydrogens (tertiary/aromatic N) is 1. The van der Waals surface area contributed by atoms with E-state index >= 15 is 0 Å². The summed E-state index contributed by atoms with van der Waals surface area (Å²) in [7, 11) is 0. The second-order valence-corrected chi connectivity index (χ2v) is 10.6. The van der Waals surface area contributed by atoms with Crippen molar-refractivity contribution in [1.82, 2.24) is 0 Å². The molecule has 4 heteroatoms. The van der Waals surface area contributed by atoms with Crippen molar-refractivity contribution in [3.8, 4) is 0 Å². The van der Waals surface area contributed by atoms with Crippen molar-refractivity contribution < 1.29 is 9.59 Å². The number of amides is 2. The summed E-state index contributed by atoms with van der Waals surface area (Å²) in [6.45, 7) is 6.61. The van der Waals surface area contributed by atoms with Crippen molar-refractivity contribution in [3.63, 3.8) is 0 Å². The molecule has 0 spiro atoms. The molecule has 1 saturated heterocycles. The van der Waals surface area contributed by atoms with Gasteiger partial charge in [-0.25, -0.2) is 4.90 Å². The van der Waals surface area contributed by atoms with Gasteiger partial charge in [-0.1, -0.05) is 87.0 Å². The maximum Gasteiger partial charge on any atom is 0.238 e. The van der Waals surface area contributed by atoms with Crippen molar-refractivity contribution in [2.24, 2.45) is 11.8 Å². The molecule has 1 heterocycles. The molecule has 0 aromatic heterocycles. The van der Waals surface area contributed by atoms with Gasteiger partial charge in [-0.15, -0.1) is 0 Å². The van der Waals surface area contributed by atoms with E-state index in [1.165, 1.54) is 32.7 Å². The number of hydrogen-bond acceptors (Lipinski definition) is 2. The highest BCUT2D eigenvalue weighted by Gasteiger charge is 2.62. The highest BCUT2D eigenvalue weighted by molar-refractivity contribution is 6.36. The molecule has 2 amide bonds. The minimum atomic E-state index is -0.401. The summed E-state index contributed by atoms with van der Waals surface area (Å²) in [6.07, 6.45) is 0. The van der Waals surface area contributed by atoms with Crippen LogP contribution in [-0.4, -0.2) is 11.8 Å². The Labute approximate surface area is 193 Å². The molecule has 4 aliphatic rings. The summed E-state index contributed by atoms with van der Waals surface area (Å²) < 4.78 is 0. The van der Waals surface area contributed by atoms with Gasteiger partial charge in [0.25, 0.3) is 0 Å². The third-order valence-corrected chi connectivity index (χ3v) is 7.82. The second kappa shape index (κ2) is 6.55. The first-order valence-corrected chi connectivity index (χ1v) is 11.5. The van der Waals surface area contributed by atoms with E-state index in [0.29, 0.717) is 10.7 Å². The molecule has 1 aliphatic heterocycles. The molecule has 3 nitrogen and oxygen atoms in total. The number of anilines is 1. The van der Waals surface area contributed by atoms with Gasteiger partial charge in [-0.05, 0) is 45.4 Å². The van der Waals surface area contributed by atoms with Crippen molar-refractivity contribution in [1.29, 1.82) is 0 Å². The molecule has 3 aromatic carbocycles. The first-order chi connectivity index (χ1) is 15.3. The average molecular weight is 442 g/mol. The first-order valence-electron chi connectivity index (χ1n) is 11.1. The topological polar surface area (TPSA) is 37.4 Å². The van der Waals surface area contributed by atoms with E-state index in [1.807, 2.05) is 24.3 Å². The molecule has 160 valence electrons. The number of carbonyl (C=O) groups excluding carboxylic acids is 2. The second-order valence-electron chi connectivity index (χ2n) is 10.2. The van der Waals surface area contributed by atoms with Crippen LogP contribution >= 0.6 is 11.6 Å². The van der Waals surface area contributed by atoms with E-state index in [2.05, 4.69) is 51.1 Å². The van der Waals surface area contributed by atoms with Crippen LogP contribution in [0.1, 0.15) is 60.4 Å². The van der Waals surface area contributed by atoms with Gasteiger partial charge in [0.1, 0.15) is 0 Å². The minimum Gasteiger partial charge on any atom is -0.274 e. The van der Waals surface area contributed by atoms with Crippen LogP contribution in [0.5, 0.6) is 0 Å². The average Bonchev–Trinajstić information content (AvgIpc) is 3.04. The van der Waals surface area contributed by atoms with Gasteiger partial charge in [0.15, 0.2) is 0 Å². The van der Waals surface area contributed by atoms with Gasteiger partial charge in [0.05, 0.1) is 22.5 Å². The zero-order chi connectivity index (χ0) is 22.4. The van der Waals surface area contributed by atoms with Crippen molar-refractivity contribution in [2.45, 2.75) is 38.0 Å². The Hall–Kier alpha value is -2.91. The fourth-order valence-electron chi connectivity index (χ4n) is 6.06. The number of rotatable bonds is 1. The number of para-hydroxylation sites is 1. The zero-order valence-electron chi connectivity index (χ0n) is 18.3.